The van der Waals surface area contributed by atoms with Crippen LogP contribution in [0.15, 0.2) is 0 Å². The van der Waals surface area contributed by atoms with Gasteiger partial charge in [-0.15, -0.1) is 0 Å². The summed E-state index contributed by atoms with van der Waals surface area (Å²) in [5.41, 5.74) is 0.0757. The molecule has 1 saturated heterocycles. The number of hydrogen-bond donors (Lipinski definition) is 3. The van der Waals surface area contributed by atoms with Gasteiger partial charge in [0, 0.05) is 19.6 Å². The van der Waals surface area contributed by atoms with Crippen LogP contribution in [-0.2, 0) is 4.79 Å². The van der Waals surface area contributed by atoms with E-state index in [1.165, 1.54) is 0 Å². The third-order valence-corrected chi connectivity index (χ3v) is 3.41. The van der Waals surface area contributed by atoms with E-state index in [4.69, 9.17) is 5.11 Å². The second kappa shape index (κ2) is 6.97. The standard InChI is InChI=1S/C13H26N2O2/c1-13(2,5-3-7-16)10-15-12(17)8-11-4-6-14-9-11/h11,14,16H,3-10H2,1-2H3,(H,15,17). The number of carbonyl (C=O) groups is 1. The maximum atomic E-state index is 11.7. The predicted octanol–water partition coefficient (Wildman–Crippen LogP) is 0.901. The van der Waals surface area contributed by atoms with Gasteiger partial charge in [0.1, 0.15) is 0 Å². The molecule has 1 fully saturated rings. The minimum atomic E-state index is 0.0757. The van der Waals surface area contributed by atoms with Crippen LogP contribution in [0.5, 0.6) is 0 Å². The first-order valence-electron chi connectivity index (χ1n) is 6.62. The molecule has 0 aromatic rings. The molecule has 1 atom stereocenters. The average molecular weight is 242 g/mol. The van der Waals surface area contributed by atoms with E-state index < -0.39 is 0 Å². The van der Waals surface area contributed by atoms with Crippen molar-refractivity contribution in [2.75, 3.05) is 26.2 Å². The molecule has 1 heterocycles. The van der Waals surface area contributed by atoms with Crippen molar-refractivity contribution in [2.45, 2.75) is 39.5 Å². The number of rotatable bonds is 7. The van der Waals surface area contributed by atoms with E-state index in [9.17, 15) is 4.79 Å². The zero-order valence-corrected chi connectivity index (χ0v) is 11.1. The molecule has 1 aliphatic heterocycles. The quantitative estimate of drug-likeness (QED) is 0.621. The third kappa shape index (κ3) is 6.03. The highest BCUT2D eigenvalue weighted by atomic mass is 16.2. The van der Waals surface area contributed by atoms with Crippen molar-refractivity contribution in [1.29, 1.82) is 0 Å². The highest BCUT2D eigenvalue weighted by molar-refractivity contribution is 5.76. The Hall–Kier alpha value is -0.610. The van der Waals surface area contributed by atoms with Gasteiger partial charge in [-0.3, -0.25) is 4.79 Å². The van der Waals surface area contributed by atoms with Gasteiger partial charge in [0.25, 0.3) is 0 Å². The van der Waals surface area contributed by atoms with Crippen LogP contribution in [-0.4, -0.2) is 37.3 Å². The zero-order chi connectivity index (χ0) is 12.7. The van der Waals surface area contributed by atoms with Gasteiger partial charge in [-0.1, -0.05) is 13.8 Å². The Balaban J connectivity index is 2.17. The fraction of sp³-hybridized carbons (Fsp3) is 0.923. The Bertz CT molecular complexity index is 236. The molecule has 17 heavy (non-hydrogen) atoms. The van der Waals surface area contributed by atoms with Gasteiger partial charge in [-0.25, -0.2) is 0 Å². The fourth-order valence-corrected chi connectivity index (χ4v) is 2.21. The van der Waals surface area contributed by atoms with E-state index in [-0.39, 0.29) is 17.9 Å². The normalized spacial score (nSPS) is 20.5. The average Bonchev–Trinajstić information content (AvgIpc) is 2.77. The monoisotopic (exact) mass is 242 g/mol. The predicted molar refractivity (Wildman–Crippen MR) is 68.7 cm³/mol. The molecule has 0 saturated carbocycles. The van der Waals surface area contributed by atoms with Crippen molar-refractivity contribution in [3.63, 3.8) is 0 Å². The Kier molecular flexibility index (Phi) is 5.92. The summed E-state index contributed by atoms with van der Waals surface area (Å²) in [6, 6.07) is 0. The highest BCUT2D eigenvalue weighted by Gasteiger charge is 2.21. The number of carbonyl (C=O) groups excluding carboxylic acids is 1. The second-order valence-electron chi connectivity index (χ2n) is 5.83. The van der Waals surface area contributed by atoms with E-state index in [2.05, 4.69) is 24.5 Å². The van der Waals surface area contributed by atoms with Crippen molar-refractivity contribution in [2.24, 2.45) is 11.3 Å². The van der Waals surface area contributed by atoms with Crippen LogP contribution in [0.2, 0.25) is 0 Å². The molecule has 4 nitrogen and oxygen atoms in total. The van der Waals surface area contributed by atoms with Crippen LogP contribution >= 0.6 is 0 Å². The third-order valence-electron chi connectivity index (χ3n) is 3.41. The lowest BCUT2D eigenvalue weighted by molar-refractivity contribution is -0.122. The molecule has 0 bridgehead atoms. The van der Waals surface area contributed by atoms with E-state index in [0.29, 0.717) is 18.9 Å². The summed E-state index contributed by atoms with van der Waals surface area (Å²) in [4.78, 5) is 11.7. The maximum absolute atomic E-state index is 11.7. The SMILES string of the molecule is CC(C)(CCCO)CNC(=O)CC1CCNC1. The molecule has 1 amide bonds. The molecule has 0 spiro atoms. The second-order valence-corrected chi connectivity index (χ2v) is 5.83. The smallest absolute Gasteiger partial charge is 0.220 e. The summed E-state index contributed by atoms with van der Waals surface area (Å²) in [5, 5.41) is 15.1. The molecular formula is C13H26N2O2. The van der Waals surface area contributed by atoms with Crippen LogP contribution in [0.25, 0.3) is 0 Å². The number of hydrogen-bond acceptors (Lipinski definition) is 3. The summed E-state index contributed by atoms with van der Waals surface area (Å²) in [6.45, 7) is 7.19. The van der Waals surface area contributed by atoms with Crippen LogP contribution < -0.4 is 10.6 Å². The molecule has 100 valence electrons. The largest absolute Gasteiger partial charge is 0.396 e. The topological polar surface area (TPSA) is 61.4 Å². The van der Waals surface area contributed by atoms with E-state index in [0.717, 1.165) is 32.4 Å². The van der Waals surface area contributed by atoms with Crippen LogP contribution in [0, 0.1) is 11.3 Å². The molecule has 4 heteroatoms. The molecule has 3 N–H and O–H groups in total. The summed E-state index contributed by atoms with van der Waals surface area (Å²) >= 11 is 0. The first-order valence-corrected chi connectivity index (χ1v) is 6.62. The summed E-state index contributed by atoms with van der Waals surface area (Å²) in [5.74, 6) is 0.673. The van der Waals surface area contributed by atoms with E-state index >= 15 is 0 Å². The van der Waals surface area contributed by atoms with Crippen LogP contribution in [0.3, 0.4) is 0 Å². The van der Waals surface area contributed by atoms with E-state index in [1.807, 2.05) is 0 Å². The molecule has 1 aliphatic rings. The Morgan fingerprint density at radius 1 is 1.53 bits per heavy atom. The molecule has 1 unspecified atom stereocenters. The van der Waals surface area contributed by atoms with Gasteiger partial charge in [-0.2, -0.15) is 0 Å². The molecule has 0 aromatic carbocycles. The zero-order valence-electron chi connectivity index (χ0n) is 11.1. The van der Waals surface area contributed by atoms with Gasteiger partial charge in [0.05, 0.1) is 0 Å². The first-order chi connectivity index (χ1) is 8.03. The molecule has 1 rings (SSSR count). The number of aliphatic hydroxyl groups excluding tert-OH is 1. The molecule has 0 aromatic heterocycles. The lowest BCUT2D eigenvalue weighted by Gasteiger charge is -2.25. The summed E-state index contributed by atoms with van der Waals surface area (Å²) in [7, 11) is 0. The van der Waals surface area contributed by atoms with Gasteiger partial charge in [0.2, 0.25) is 5.91 Å². The molecular weight excluding hydrogens is 216 g/mol. The van der Waals surface area contributed by atoms with Crippen molar-refractivity contribution >= 4 is 5.91 Å². The number of aliphatic hydroxyl groups is 1. The van der Waals surface area contributed by atoms with Crippen molar-refractivity contribution < 1.29 is 9.90 Å². The fourth-order valence-electron chi connectivity index (χ4n) is 2.21. The van der Waals surface area contributed by atoms with Gasteiger partial charge in [0.15, 0.2) is 0 Å². The lowest BCUT2D eigenvalue weighted by atomic mass is 9.88. The minimum Gasteiger partial charge on any atom is -0.396 e. The number of nitrogens with one attached hydrogen (secondary N) is 2. The van der Waals surface area contributed by atoms with Crippen LogP contribution in [0.1, 0.15) is 39.5 Å². The van der Waals surface area contributed by atoms with Crippen molar-refractivity contribution in [3.05, 3.63) is 0 Å². The molecule has 0 radical (unpaired) electrons. The van der Waals surface area contributed by atoms with Crippen LogP contribution in [0.4, 0.5) is 0 Å². The van der Waals surface area contributed by atoms with Gasteiger partial charge >= 0.3 is 0 Å². The minimum absolute atomic E-state index is 0.0757. The van der Waals surface area contributed by atoms with E-state index in [1.54, 1.807) is 0 Å². The highest BCUT2D eigenvalue weighted by Crippen LogP contribution is 2.21. The Morgan fingerprint density at radius 3 is 2.88 bits per heavy atom. The van der Waals surface area contributed by atoms with Gasteiger partial charge < -0.3 is 15.7 Å². The van der Waals surface area contributed by atoms with Crippen molar-refractivity contribution in [3.8, 4) is 0 Å². The lowest BCUT2D eigenvalue weighted by Crippen LogP contribution is -2.35. The Labute approximate surface area is 104 Å². The maximum Gasteiger partial charge on any atom is 0.220 e. The first kappa shape index (κ1) is 14.5. The number of amides is 1. The molecule has 0 aliphatic carbocycles. The van der Waals surface area contributed by atoms with Gasteiger partial charge in [-0.05, 0) is 43.7 Å². The Morgan fingerprint density at radius 2 is 2.29 bits per heavy atom. The van der Waals surface area contributed by atoms with Crippen molar-refractivity contribution in [1.82, 2.24) is 10.6 Å². The summed E-state index contributed by atoms with van der Waals surface area (Å²) in [6.07, 6.45) is 3.49. The summed E-state index contributed by atoms with van der Waals surface area (Å²) < 4.78 is 0.